The van der Waals surface area contributed by atoms with Crippen LogP contribution in [0.15, 0.2) is 12.1 Å². The Morgan fingerprint density at radius 2 is 2.20 bits per heavy atom. The molecule has 2 aliphatic rings. The van der Waals surface area contributed by atoms with E-state index >= 15 is 0 Å². The number of rotatable bonds is 2. The highest BCUT2D eigenvalue weighted by Crippen LogP contribution is 2.35. The monoisotopic (exact) mass is 273 g/mol. The van der Waals surface area contributed by atoms with Crippen LogP contribution in [0.4, 0.5) is 5.82 Å². The van der Waals surface area contributed by atoms with Gasteiger partial charge in [0.1, 0.15) is 5.82 Å². The van der Waals surface area contributed by atoms with Gasteiger partial charge in [-0.15, -0.1) is 15.3 Å². The molecule has 1 aliphatic heterocycles. The summed E-state index contributed by atoms with van der Waals surface area (Å²) in [5, 5.41) is 16.3. The number of aryl methyl sites for hydroxylation is 1. The molecule has 2 aromatic heterocycles. The second kappa shape index (κ2) is 4.70. The van der Waals surface area contributed by atoms with Crippen molar-refractivity contribution < 1.29 is 4.74 Å². The highest BCUT2D eigenvalue weighted by atomic mass is 16.5. The van der Waals surface area contributed by atoms with Crippen LogP contribution in [0.1, 0.15) is 31.5 Å². The Bertz CT molecular complexity index is 625. The topological polar surface area (TPSA) is 64.3 Å². The first-order valence-electron chi connectivity index (χ1n) is 7.38. The van der Waals surface area contributed by atoms with Crippen LogP contribution in [0.3, 0.4) is 0 Å². The molecule has 2 aromatic rings. The number of nitrogens with one attached hydrogen (secondary N) is 1. The summed E-state index contributed by atoms with van der Waals surface area (Å²) in [5.41, 5.74) is 0.791. The fourth-order valence-electron chi connectivity index (χ4n) is 3.52. The molecule has 3 heterocycles. The summed E-state index contributed by atoms with van der Waals surface area (Å²) in [4.78, 5) is 0. The van der Waals surface area contributed by atoms with E-state index in [1.165, 1.54) is 19.3 Å². The van der Waals surface area contributed by atoms with Gasteiger partial charge >= 0.3 is 0 Å². The molecule has 6 heteroatoms. The maximum Gasteiger partial charge on any atom is 0.178 e. The van der Waals surface area contributed by atoms with Crippen molar-refractivity contribution in [3.05, 3.63) is 18.0 Å². The van der Waals surface area contributed by atoms with Crippen molar-refractivity contribution in [2.24, 2.45) is 5.92 Å². The molecule has 1 N–H and O–H groups in total. The van der Waals surface area contributed by atoms with E-state index in [9.17, 15) is 0 Å². The second-order valence-corrected chi connectivity index (χ2v) is 5.78. The lowest BCUT2D eigenvalue weighted by Gasteiger charge is -2.33. The fourth-order valence-corrected chi connectivity index (χ4v) is 3.52. The molecule has 6 nitrogen and oxygen atoms in total. The molecule has 1 aliphatic carbocycles. The van der Waals surface area contributed by atoms with Gasteiger partial charge in [-0.05, 0) is 44.7 Å². The molecule has 0 aromatic carbocycles. The van der Waals surface area contributed by atoms with E-state index in [-0.39, 0.29) is 0 Å². The van der Waals surface area contributed by atoms with Crippen molar-refractivity contribution in [3.63, 3.8) is 0 Å². The highest BCUT2D eigenvalue weighted by Gasteiger charge is 2.37. The van der Waals surface area contributed by atoms with Gasteiger partial charge in [-0.25, -0.2) is 0 Å². The Morgan fingerprint density at radius 1 is 1.25 bits per heavy atom. The van der Waals surface area contributed by atoms with Gasteiger partial charge in [0.15, 0.2) is 11.5 Å². The standard InChI is InChI=1S/C14H19N5O/c1-9-16-17-14-6-5-13(18-19(9)14)15-11-3-2-4-12-10(11)7-8-20-12/h5-6,10-12H,2-4,7-8H2,1H3,(H,15,18). The van der Waals surface area contributed by atoms with Gasteiger partial charge in [0.05, 0.1) is 6.10 Å². The highest BCUT2D eigenvalue weighted by molar-refractivity contribution is 5.44. The fraction of sp³-hybridized carbons (Fsp3) is 0.643. The van der Waals surface area contributed by atoms with Crippen molar-refractivity contribution in [1.82, 2.24) is 19.8 Å². The Balaban J connectivity index is 1.58. The van der Waals surface area contributed by atoms with Crippen molar-refractivity contribution >= 4 is 11.5 Å². The molecule has 0 spiro atoms. The number of anilines is 1. The summed E-state index contributed by atoms with van der Waals surface area (Å²) < 4.78 is 7.60. The van der Waals surface area contributed by atoms with Crippen LogP contribution in [-0.4, -0.2) is 38.6 Å². The summed E-state index contributed by atoms with van der Waals surface area (Å²) in [6, 6.07) is 4.42. The van der Waals surface area contributed by atoms with Crippen molar-refractivity contribution in [2.45, 2.75) is 44.8 Å². The lowest BCUT2D eigenvalue weighted by molar-refractivity contribution is 0.0619. The minimum Gasteiger partial charge on any atom is -0.378 e. The van der Waals surface area contributed by atoms with Gasteiger partial charge in [0.2, 0.25) is 0 Å². The SMILES string of the molecule is Cc1nnc2ccc(NC3CCCC4OCCC34)nn12. The zero-order valence-corrected chi connectivity index (χ0v) is 11.6. The van der Waals surface area contributed by atoms with E-state index in [4.69, 9.17) is 4.74 Å². The lowest BCUT2D eigenvalue weighted by atomic mass is 9.82. The van der Waals surface area contributed by atoms with Crippen LogP contribution in [0.5, 0.6) is 0 Å². The third-order valence-corrected chi connectivity index (χ3v) is 4.53. The molecule has 4 rings (SSSR count). The molecule has 2 fully saturated rings. The molecule has 0 bridgehead atoms. The van der Waals surface area contributed by atoms with E-state index in [1.54, 1.807) is 4.52 Å². The number of ether oxygens (including phenoxy) is 1. The van der Waals surface area contributed by atoms with Gasteiger partial charge in [-0.2, -0.15) is 4.52 Å². The van der Waals surface area contributed by atoms with Crippen LogP contribution in [0.2, 0.25) is 0 Å². The van der Waals surface area contributed by atoms with E-state index in [0.717, 1.165) is 30.3 Å². The number of nitrogens with zero attached hydrogens (tertiary/aromatic N) is 4. The predicted octanol–water partition coefficient (Wildman–Crippen LogP) is 1.80. The van der Waals surface area contributed by atoms with Crippen LogP contribution < -0.4 is 5.32 Å². The smallest absolute Gasteiger partial charge is 0.178 e. The molecule has 0 radical (unpaired) electrons. The number of hydrogen-bond donors (Lipinski definition) is 1. The summed E-state index contributed by atoms with van der Waals surface area (Å²) >= 11 is 0. The van der Waals surface area contributed by atoms with Gasteiger partial charge in [0.25, 0.3) is 0 Å². The Morgan fingerprint density at radius 3 is 3.15 bits per heavy atom. The van der Waals surface area contributed by atoms with Crippen molar-refractivity contribution in [2.75, 3.05) is 11.9 Å². The largest absolute Gasteiger partial charge is 0.378 e. The number of fused-ring (bicyclic) bond motifs is 2. The Hall–Kier alpha value is -1.69. The maximum absolute atomic E-state index is 5.82. The van der Waals surface area contributed by atoms with E-state index in [0.29, 0.717) is 18.1 Å². The first kappa shape index (κ1) is 12.1. The van der Waals surface area contributed by atoms with Crippen LogP contribution in [0, 0.1) is 12.8 Å². The maximum atomic E-state index is 5.82. The van der Waals surface area contributed by atoms with E-state index in [1.807, 2.05) is 19.1 Å². The average molecular weight is 273 g/mol. The third-order valence-electron chi connectivity index (χ3n) is 4.53. The molecule has 20 heavy (non-hydrogen) atoms. The Labute approximate surface area is 117 Å². The summed E-state index contributed by atoms with van der Waals surface area (Å²) in [7, 11) is 0. The van der Waals surface area contributed by atoms with Gasteiger partial charge in [-0.1, -0.05) is 0 Å². The van der Waals surface area contributed by atoms with Gasteiger partial charge < -0.3 is 10.1 Å². The lowest BCUT2D eigenvalue weighted by Crippen LogP contribution is -2.38. The van der Waals surface area contributed by atoms with E-state index in [2.05, 4.69) is 20.6 Å². The zero-order valence-electron chi connectivity index (χ0n) is 11.6. The predicted molar refractivity (Wildman–Crippen MR) is 74.6 cm³/mol. The van der Waals surface area contributed by atoms with Crippen molar-refractivity contribution in [1.29, 1.82) is 0 Å². The minimum absolute atomic E-state index is 0.446. The normalized spacial score (nSPS) is 29.6. The molecule has 1 saturated heterocycles. The van der Waals surface area contributed by atoms with Crippen molar-refractivity contribution in [3.8, 4) is 0 Å². The molecular weight excluding hydrogens is 254 g/mol. The molecule has 106 valence electrons. The van der Waals surface area contributed by atoms with Gasteiger partial charge in [-0.3, -0.25) is 0 Å². The van der Waals surface area contributed by atoms with E-state index < -0.39 is 0 Å². The number of hydrogen-bond acceptors (Lipinski definition) is 5. The molecule has 3 atom stereocenters. The molecule has 1 saturated carbocycles. The molecule has 3 unspecified atom stereocenters. The number of aromatic nitrogens is 4. The zero-order chi connectivity index (χ0) is 13.5. The van der Waals surface area contributed by atoms with Crippen LogP contribution in [-0.2, 0) is 4.74 Å². The average Bonchev–Trinajstić information content (AvgIpc) is 3.07. The van der Waals surface area contributed by atoms with Crippen LogP contribution in [0.25, 0.3) is 5.65 Å². The quantitative estimate of drug-likeness (QED) is 0.904. The third kappa shape index (κ3) is 1.95. The summed E-state index contributed by atoms with van der Waals surface area (Å²) in [5.74, 6) is 2.34. The van der Waals surface area contributed by atoms with Crippen LogP contribution >= 0.6 is 0 Å². The second-order valence-electron chi connectivity index (χ2n) is 5.78. The first-order valence-corrected chi connectivity index (χ1v) is 7.38. The first-order chi connectivity index (χ1) is 9.81. The van der Waals surface area contributed by atoms with Gasteiger partial charge in [0, 0.05) is 18.6 Å². The Kier molecular flexibility index (Phi) is 2.84. The summed E-state index contributed by atoms with van der Waals surface area (Å²) in [6.45, 7) is 2.82. The summed E-state index contributed by atoms with van der Waals surface area (Å²) in [6.07, 6.45) is 5.25. The molecule has 0 amide bonds. The molecular formula is C14H19N5O. The minimum atomic E-state index is 0.446.